The van der Waals surface area contributed by atoms with E-state index in [1.54, 1.807) is 4.90 Å². The molecule has 0 bridgehead atoms. The SMILES string of the molecule is CCC(O)(CC)CNC(=O)C1CC(=O)N(CCc2ccccc2)C1. The number of hydrogen-bond donors (Lipinski definition) is 2. The lowest BCUT2D eigenvalue weighted by molar-refractivity contribution is -0.129. The monoisotopic (exact) mass is 332 g/mol. The van der Waals surface area contributed by atoms with Crippen LogP contribution < -0.4 is 5.32 Å². The minimum atomic E-state index is -0.856. The first-order valence-corrected chi connectivity index (χ1v) is 8.79. The van der Waals surface area contributed by atoms with Crippen LogP contribution >= 0.6 is 0 Å². The summed E-state index contributed by atoms with van der Waals surface area (Å²) >= 11 is 0. The Morgan fingerprint density at radius 3 is 2.58 bits per heavy atom. The molecule has 1 atom stereocenters. The van der Waals surface area contributed by atoms with Crippen LogP contribution in [0.25, 0.3) is 0 Å². The maximum atomic E-state index is 12.3. The zero-order chi connectivity index (χ0) is 17.6. The minimum absolute atomic E-state index is 0.0346. The number of benzene rings is 1. The number of nitrogens with zero attached hydrogens (tertiary/aromatic N) is 1. The summed E-state index contributed by atoms with van der Waals surface area (Å²) in [7, 11) is 0. The number of nitrogens with one attached hydrogen (secondary N) is 1. The van der Waals surface area contributed by atoms with Crippen LogP contribution in [-0.4, -0.2) is 47.1 Å². The van der Waals surface area contributed by atoms with E-state index in [0.29, 0.717) is 25.9 Å². The van der Waals surface area contributed by atoms with Gasteiger partial charge in [0.05, 0.1) is 11.5 Å². The molecule has 1 aromatic rings. The topological polar surface area (TPSA) is 69.6 Å². The molecule has 0 saturated carbocycles. The minimum Gasteiger partial charge on any atom is -0.388 e. The van der Waals surface area contributed by atoms with Gasteiger partial charge in [0.1, 0.15) is 0 Å². The van der Waals surface area contributed by atoms with Crippen LogP contribution in [0.4, 0.5) is 0 Å². The van der Waals surface area contributed by atoms with E-state index in [0.717, 1.165) is 6.42 Å². The predicted molar refractivity (Wildman–Crippen MR) is 93.4 cm³/mol. The number of likely N-dealkylation sites (tertiary alicyclic amines) is 1. The molecule has 5 nitrogen and oxygen atoms in total. The lowest BCUT2D eigenvalue weighted by atomic mass is 9.97. The summed E-state index contributed by atoms with van der Waals surface area (Å²) in [6.07, 6.45) is 2.25. The fraction of sp³-hybridized carbons (Fsp3) is 0.579. The van der Waals surface area contributed by atoms with Crippen molar-refractivity contribution in [2.75, 3.05) is 19.6 Å². The molecule has 5 heteroatoms. The molecule has 1 heterocycles. The van der Waals surface area contributed by atoms with Gasteiger partial charge in [-0.1, -0.05) is 44.2 Å². The zero-order valence-electron chi connectivity index (χ0n) is 14.6. The third kappa shape index (κ3) is 4.81. The van der Waals surface area contributed by atoms with E-state index in [9.17, 15) is 14.7 Å². The van der Waals surface area contributed by atoms with Gasteiger partial charge in [-0.25, -0.2) is 0 Å². The van der Waals surface area contributed by atoms with E-state index < -0.39 is 5.60 Å². The van der Waals surface area contributed by atoms with Crippen LogP contribution in [0, 0.1) is 5.92 Å². The van der Waals surface area contributed by atoms with Gasteiger partial charge in [0.25, 0.3) is 0 Å². The first-order valence-electron chi connectivity index (χ1n) is 8.79. The maximum Gasteiger partial charge on any atom is 0.225 e. The van der Waals surface area contributed by atoms with Gasteiger partial charge in [0.15, 0.2) is 0 Å². The Balaban J connectivity index is 1.81. The number of aliphatic hydroxyl groups is 1. The van der Waals surface area contributed by atoms with Crippen molar-refractivity contribution in [1.82, 2.24) is 10.2 Å². The van der Waals surface area contributed by atoms with Gasteiger partial charge < -0.3 is 15.3 Å². The molecule has 1 aromatic carbocycles. The number of carbonyl (C=O) groups is 2. The highest BCUT2D eigenvalue weighted by Gasteiger charge is 2.34. The second-order valence-corrected chi connectivity index (χ2v) is 6.63. The molecule has 1 saturated heterocycles. The average molecular weight is 332 g/mol. The average Bonchev–Trinajstić information content (AvgIpc) is 2.99. The molecule has 132 valence electrons. The number of amides is 2. The van der Waals surface area contributed by atoms with E-state index >= 15 is 0 Å². The van der Waals surface area contributed by atoms with Crippen molar-refractivity contribution >= 4 is 11.8 Å². The highest BCUT2D eigenvalue weighted by atomic mass is 16.3. The normalized spacial score (nSPS) is 18.0. The predicted octanol–water partition coefficient (Wildman–Crippen LogP) is 1.74. The molecule has 1 fully saturated rings. The Morgan fingerprint density at radius 1 is 1.29 bits per heavy atom. The first kappa shape index (κ1) is 18.5. The van der Waals surface area contributed by atoms with Crippen LogP contribution in [0.3, 0.4) is 0 Å². The van der Waals surface area contributed by atoms with E-state index in [4.69, 9.17) is 0 Å². The molecule has 1 unspecified atom stereocenters. The van der Waals surface area contributed by atoms with Crippen LogP contribution in [-0.2, 0) is 16.0 Å². The van der Waals surface area contributed by atoms with Crippen molar-refractivity contribution in [2.24, 2.45) is 5.92 Å². The van der Waals surface area contributed by atoms with Gasteiger partial charge in [-0.3, -0.25) is 9.59 Å². The van der Waals surface area contributed by atoms with Crippen molar-refractivity contribution in [3.8, 4) is 0 Å². The molecule has 2 N–H and O–H groups in total. The van der Waals surface area contributed by atoms with Gasteiger partial charge in [-0.05, 0) is 24.8 Å². The summed E-state index contributed by atoms with van der Waals surface area (Å²) < 4.78 is 0. The summed E-state index contributed by atoms with van der Waals surface area (Å²) in [5, 5.41) is 13.1. The highest BCUT2D eigenvalue weighted by Crippen LogP contribution is 2.19. The smallest absolute Gasteiger partial charge is 0.225 e. The Hall–Kier alpha value is -1.88. The van der Waals surface area contributed by atoms with Gasteiger partial charge in [0, 0.05) is 26.1 Å². The van der Waals surface area contributed by atoms with E-state index in [2.05, 4.69) is 5.32 Å². The summed E-state index contributed by atoms with van der Waals surface area (Å²) in [4.78, 5) is 26.2. The Bertz CT molecular complexity index is 555. The van der Waals surface area contributed by atoms with E-state index in [-0.39, 0.29) is 30.7 Å². The lowest BCUT2D eigenvalue weighted by Gasteiger charge is -2.26. The summed E-state index contributed by atoms with van der Waals surface area (Å²) in [6.45, 7) is 5.16. The molecule has 24 heavy (non-hydrogen) atoms. The quantitative estimate of drug-likeness (QED) is 0.762. The second-order valence-electron chi connectivity index (χ2n) is 6.63. The van der Waals surface area contributed by atoms with Crippen molar-refractivity contribution in [3.63, 3.8) is 0 Å². The van der Waals surface area contributed by atoms with Crippen molar-refractivity contribution in [2.45, 2.75) is 45.1 Å². The van der Waals surface area contributed by atoms with Gasteiger partial charge in [-0.15, -0.1) is 0 Å². The Labute approximate surface area is 144 Å². The lowest BCUT2D eigenvalue weighted by Crippen LogP contribution is -2.44. The molecule has 0 radical (unpaired) electrons. The van der Waals surface area contributed by atoms with Crippen molar-refractivity contribution < 1.29 is 14.7 Å². The Kier molecular flexibility index (Phi) is 6.37. The molecule has 0 aliphatic carbocycles. The third-order valence-corrected chi connectivity index (χ3v) is 5.01. The van der Waals surface area contributed by atoms with Crippen LogP contribution in [0.1, 0.15) is 38.7 Å². The molecule has 2 rings (SSSR count). The fourth-order valence-corrected chi connectivity index (χ4v) is 2.97. The third-order valence-electron chi connectivity index (χ3n) is 5.01. The summed E-state index contributed by atoms with van der Waals surface area (Å²) in [5.74, 6) is -0.413. The Morgan fingerprint density at radius 2 is 1.96 bits per heavy atom. The van der Waals surface area contributed by atoms with Gasteiger partial charge >= 0.3 is 0 Å². The van der Waals surface area contributed by atoms with Gasteiger partial charge in [-0.2, -0.15) is 0 Å². The molecular formula is C19H28N2O3. The molecular weight excluding hydrogens is 304 g/mol. The molecule has 0 spiro atoms. The number of hydrogen-bond acceptors (Lipinski definition) is 3. The largest absolute Gasteiger partial charge is 0.388 e. The van der Waals surface area contributed by atoms with Gasteiger partial charge in [0.2, 0.25) is 11.8 Å². The van der Waals surface area contributed by atoms with Crippen LogP contribution in [0.2, 0.25) is 0 Å². The number of rotatable bonds is 8. The zero-order valence-corrected chi connectivity index (χ0v) is 14.6. The molecule has 1 aliphatic heterocycles. The van der Waals surface area contributed by atoms with Crippen LogP contribution in [0.15, 0.2) is 30.3 Å². The van der Waals surface area contributed by atoms with E-state index in [1.807, 2.05) is 44.2 Å². The maximum absolute atomic E-state index is 12.3. The second kappa shape index (κ2) is 8.29. The molecule has 0 aromatic heterocycles. The number of carbonyl (C=O) groups excluding carboxylic acids is 2. The molecule has 2 amide bonds. The summed E-state index contributed by atoms with van der Waals surface area (Å²) in [5.41, 5.74) is 0.333. The van der Waals surface area contributed by atoms with Crippen molar-refractivity contribution in [1.29, 1.82) is 0 Å². The standard InChI is InChI=1S/C19H28N2O3/c1-3-19(24,4-2)14-20-18(23)16-12-17(22)21(13-16)11-10-15-8-6-5-7-9-15/h5-9,16,24H,3-4,10-14H2,1-2H3,(H,20,23). The molecule has 1 aliphatic rings. The highest BCUT2D eigenvalue weighted by molar-refractivity contribution is 5.89. The van der Waals surface area contributed by atoms with Crippen LogP contribution in [0.5, 0.6) is 0 Å². The first-order chi connectivity index (χ1) is 11.5. The van der Waals surface area contributed by atoms with E-state index in [1.165, 1.54) is 5.56 Å². The fourth-order valence-electron chi connectivity index (χ4n) is 2.97. The van der Waals surface area contributed by atoms with Crippen molar-refractivity contribution in [3.05, 3.63) is 35.9 Å². The summed E-state index contributed by atoms with van der Waals surface area (Å²) in [6, 6.07) is 10.0.